The average molecular weight is 278 g/mol. The molecule has 1 aliphatic rings. The first-order valence-electron chi connectivity index (χ1n) is 6.39. The summed E-state index contributed by atoms with van der Waals surface area (Å²) in [6, 6.07) is 10.9. The van der Waals surface area contributed by atoms with Crippen molar-refractivity contribution >= 4 is 11.6 Å². The van der Waals surface area contributed by atoms with Crippen molar-refractivity contribution in [1.82, 2.24) is 14.8 Å². The van der Waals surface area contributed by atoms with Crippen molar-refractivity contribution in [1.29, 1.82) is 0 Å². The quantitative estimate of drug-likeness (QED) is 0.743. The van der Waals surface area contributed by atoms with Gasteiger partial charge in [-0.15, -0.1) is 0 Å². The zero-order valence-electron chi connectivity index (χ0n) is 10.9. The van der Waals surface area contributed by atoms with E-state index in [1.807, 2.05) is 18.2 Å². The maximum absolute atomic E-state index is 12.2. The third kappa shape index (κ3) is 1.93. The molecule has 0 spiro atoms. The number of carbonyl (C=O) groups excluding carboxylic acids is 1. The number of para-hydroxylation sites is 2. The molecule has 1 aliphatic heterocycles. The summed E-state index contributed by atoms with van der Waals surface area (Å²) in [6.45, 7) is 0. The molecule has 1 aromatic carbocycles. The van der Waals surface area contributed by atoms with E-state index in [1.54, 1.807) is 41.5 Å². The maximum atomic E-state index is 12.2. The van der Waals surface area contributed by atoms with Gasteiger partial charge in [-0.05, 0) is 24.3 Å². The van der Waals surface area contributed by atoms with Gasteiger partial charge in [0.05, 0.1) is 23.8 Å². The van der Waals surface area contributed by atoms with Gasteiger partial charge in [-0.25, -0.2) is 4.68 Å². The Bertz CT molecular complexity index is 827. The Morgan fingerprint density at radius 3 is 2.86 bits per heavy atom. The number of rotatable bonds is 1. The highest BCUT2D eigenvalue weighted by atomic mass is 16.5. The molecule has 6 nitrogen and oxygen atoms in total. The number of amides is 1. The number of carbonyl (C=O) groups is 1. The predicted molar refractivity (Wildman–Crippen MR) is 75.8 cm³/mol. The summed E-state index contributed by atoms with van der Waals surface area (Å²) in [6.07, 6.45) is 5.02. The third-order valence-electron chi connectivity index (χ3n) is 3.16. The number of anilines is 1. The van der Waals surface area contributed by atoms with Crippen LogP contribution in [0.3, 0.4) is 0 Å². The Morgan fingerprint density at radius 2 is 2.00 bits per heavy atom. The van der Waals surface area contributed by atoms with Crippen molar-refractivity contribution in [2.75, 3.05) is 5.32 Å². The summed E-state index contributed by atoms with van der Waals surface area (Å²) >= 11 is 0. The molecule has 6 heteroatoms. The van der Waals surface area contributed by atoms with E-state index in [4.69, 9.17) is 4.74 Å². The van der Waals surface area contributed by atoms with Crippen LogP contribution in [-0.4, -0.2) is 20.7 Å². The number of benzene rings is 1. The highest BCUT2D eigenvalue weighted by Crippen LogP contribution is 2.35. The average Bonchev–Trinajstić information content (AvgIpc) is 2.89. The number of hydrogen-bond acceptors (Lipinski definition) is 4. The first kappa shape index (κ1) is 11.7. The van der Waals surface area contributed by atoms with Gasteiger partial charge in [-0.1, -0.05) is 12.1 Å². The molecule has 0 fully saturated rings. The minimum atomic E-state index is -0.294. The molecular formula is C15H10N4O2. The monoisotopic (exact) mass is 278 g/mol. The molecule has 3 aromatic rings. The van der Waals surface area contributed by atoms with Crippen molar-refractivity contribution in [3.05, 3.63) is 60.7 Å². The smallest absolute Gasteiger partial charge is 0.280 e. The Balaban J connectivity index is 1.82. The van der Waals surface area contributed by atoms with Gasteiger partial charge in [0.2, 0.25) is 0 Å². The molecule has 0 atom stereocenters. The number of aromatic nitrogens is 3. The van der Waals surface area contributed by atoms with E-state index in [9.17, 15) is 4.79 Å². The van der Waals surface area contributed by atoms with Gasteiger partial charge in [0.1, 0.15) is 0 Å². The van der Waals surface area contributed by atoms with Crippen LogP contribution >= 0.6 is 0 Å². The van der Waals surface area contributed by atoms with E-state index in [2.05, 4.69) is 15.4 Å². The fraction of sp³-hybridized carbons (Fsp3) is 0. The first-order chi connectivity index (χ1) is 10.3. The van der Waals surface area contributed by atoms with E-state index in [1.165, 1.54) is 0 Å². The van der Waals surface area contributed by atoms with Gasteiger partial charge < -0.3 is 10.1 Å². The highest BCUT2D eigenvalue weighted by molar-refractivity contribution is 6.06. The predicted octanol–water partition coefficient (Wildman–Crippen LogP) is 2.63. The normalized spacial score (nSPS) is 12.7. The fourth-order valence-corrected chi connectivity index (χ4v) is 2.17. The number of hydrogen-bond donors (Lipinski definition) is 1. The second-order valence-corrected chi connectivity index (χ2v) is 4.55. The van der Waals surface area contributed by atoms with Crippen LogP contribution < -0.4 is 10.1 Å². The molecule has 0 bridgehead atoms. The molecule has 1 N–H and O–H groups in total. The van der Waals surface area contributed by atoms with Crippen LogP contribution in [0.4, 0.5) is 5.69 Å². The van der Waals surface area contributed by atoms with Gasteiger partial charge in [0, 0.05) is 6.20 Å². The van der Waals surface area contributed by atoms with Gasteiger partial charge in [-0.3, -0.25) is 9.78 Å². The third-order valence-corrected chi connectivity index (χ3v) is 3.16. The molecule has 2 aromatic heterocycles. The molecule has 4 rings (SSSR count). The van der Waals surface area contributed by atoms with Gasteiger partial charge in [0.15, 0.2) is 17.2 Å². The first-order valence-corrected chi connectivity index (χ1v) is 6.39. The van der Waals surface area contributed by atoms with Gasteiger partial charge in [-0.2, -0.15) is 5.10 Å². The van der Waals surface area contributed by atoms with Crippen molar-refractivity contribution < 1.29 is 9.53 Å². The lowest BCUT2D eigenvalue weighted by Crippen LogP contribution is -2.12. The highest BCUT2D eigenvalue weighted by Gasteiger charge is 2.24. The largest absolute Gasteiger partial charge is 0.451 e. The number of nitrogens with zero attached hydrogens (tertiary/aromatic N) is 3. The molecule has 0 aliphatic carbocycles. The molecular weight excluding hydrogens is 268 g/mol. The lowest BCUT2D eigenvalue weighted by Gasteiger charge is -2.06. The minimum Gasteiger partial charge on any atom is -0.451 e. The van der Waals surface area contributed by atoms with E-state index in [0.717, 1.165) is 5.69 Å². The molecule has 0 unspecified atom stereocenters. The second kappa shape index (κ2) is 4.45. The minimum absolute atomic E-state index is 0.245. The molecule has 0 saturated carbocycles. The molecule has 0 radical (unpaired) electrons. The Labute approximate surface area is 120 Å². The zero-order chi connectivity index (χ0) is 14.2. The van der Waals surface area contributed by atoms with Crippen LogP contribution in [0.1, 0.15) is 10.5 Å². The second-order valence-electron chi connectivity index (χ2n) is 4.55. The lowest BCUT2D eigenvalue weighted by atomic mass is 10.3. The van der Waals surface area contributed by atoms with E-state index in [0.29, 0.717) is 17.2 Å². The number of nitrogens with one attached hydrogen (secondary N) is 1. The summed E-state index contributed by atoms with van der Waals surface area (Å²) in [5, 5.41) is 7.07. The van der Waals surface area contributed by atoms with Crippen LogP contribution in [0.5, 0.6) is 11.5 Å². The molecule has 21 heavy (non-hydrogen) atoms. The van der Waals surface area contributed by atoms with Gasteiger partial charge in [0.25, 0.3) is 5.91 Å². The molecule has 3 heterocycles. The number of fused-ring (bicyclic) bond motifs is 2. The zero-order valence-corrected chi connectivity index (χ0v) is 10.9. The summed E-state index contributed by atoms with van der Waals surface area (Å²) in [7, 11) is 0. The van der Waals surface area contributed by atoms with Gasteiger partial charge >= 0.3 is 0 Å². The Kier molecular flexibility index (Phi) is 2.47. The van der Waals surface area contributed by atoms with Crippen molar-refractivity contribution in [3.8, 4) is 17.2 Å². The summed E-state index contributed by atoms with van der Waals surface area (Å²) in [5.74, 6) is 0.717. The van der Waals surface area contributed by atoms with Crippen molar-refractivity contribution in [3.63, 3.8) is 0 Å². The van der Waals surface area contributed by atoms with E-state index < -0.39 is 0 Å². The van der Waals surface area contributed by atoms with Crippen LogP contribution in [-0.2, 0) is 0 Å². The molecule has 0 saturated heterocycles. The summed E-state index contributed by atoms with van der Waals surface area (Å²) in [5.41, 5.74) is 1.64. The number of pyridine rings is 1. The van der Waals surface area contributed by atoms with Crippen LogP contribution in [0.15, 0.2) is 55.0 Å². The van der Waals surface area contributed by atoms with E-state index in [-0.39, 0.29) is 11.6 Å². The summed E-state index contributed by atoms with van der Waals surface area (Å²) < 4.78 is 7.36. The number of ether oxygens (including phenoxy) is 1. The lowest BCUT2D eigenvalue weighted by molar-refractivity contribution is 0.102. The van der Waals surface area contributed by atoms with Crippen molar-refractivity contribution in [2.45, 2.75) is 0 Å². The molecule has 102 valence electrons. The van der Waals surface area contributed by atoms with Crippen LogP contribution in [0.2, 0.25) is 0 Å². The molecule has 1 amide bonds. The van der Waals surface area contributed by atoms with Crippen LogP contribution in [0.25, 0.3) is 5.69 Å². The van der Waals surface area contributed by atoms with Crippen molar-refractivity contribution in [2.24, 2.45) is 0 Å². The Hall–Kier alpha value is -3.15. The SMILES string of the molecule is O=C1Nc2ccccc2Oc2cn(-c3cccnc3)nc21. The standard InChI is InChI=1S/C15H10N4O2/c20-15-14-13(21-12-6-2-1-5-11(12)17-15)9-19(18-14)10-4-3-7-16-8-10/h1-9H,(H,17,20). The Morgan fingerprint density at radius 1 is 1.10 bits per heavy atom. The fourth-order valence-electron chi connectivity index (χ4n) is 2.17. The van der Waals surface area contributed by atoms with E-state index >= 15 is 0 Å². The van der Waals surface area contributed by atoms with Crippen LogP contribution in [0, 0.1) is 0 Å². The topological polar surface area (TPSA) is 69.0 Å². The maximum Gasteiger partial charge on any atom is 0.280 e. The summed E-state index contributed by atoms with van der Waals surface area (Å²) in [4.78, 5) is 16.3.